The lowest BCUT2D eigenvalue weighted by Gasteiger charge is -1.96. The molecule has 0 radical (unpaired) electrons. The fourth-order valence-electron chi connectivity index (χ4n) is 0.504. The van der Waals surface area contributed by atoms with Gasteiger partial charge in [0.15, 0.2) is 0 Å². The summed E-state index contributed by atoms with van der Waals surface area (Å²) in [6, 6.07) is 0. The van der Waals surface area contributed by atoms with Gasteiger partial charge < -0.3 is 0 Å². The minimum atomic E-state index is -2.10. The lowest BCUT2D eigenvalue weighted by molar-refractivity contribution is 0.298. The Labute approximate surface area is 68.2 Å². The van der Waals surface area contributed by atoms with Gasteiger partial charge in [0.25, 0.3) is 0 Å². The van der Waals surface area contributed by atoms with Crippen LogP contribution in [0.3, 0.4) is 0 Å². The third-order valence-electron chi connectivity index (χ3n) is 0.962. The normalized spacial score (nSPS) is 13.4. The highest BCUT2D eigenvalue weighted by Crippen LogP contribution is 1.97. The van der Waals surface area contributed by atoms with Crippen molar-refractivity contribution in [2.75, 3.05) is 12.5 Å². The van der Waals surface area contributed by atoms with Crippen molar-refractivity contribution in [3.63, 3.8) is 0 Å². The molecule has 0 aromatic heterocycles. The van der Waals surface area contributed by atoms with Crippen LogP contribution >= 0.6 is 11.6 Å². The standard InChI is InChI=1S/C5H11ClO3S/c6-4-2-1-3-5-9-10(7)8/h1-5H2,(H,7,8). The second kappa shape index (κ2) is 7.47. The summed E-state index contributed by atoms with van der Waals surface area (Å²) < 4.78 is 22.4. The third-order valence-corrected chi connectivity index (χ3v) is 1.60. The predicted molar refractivity (Wildman–Crippen MR) is 41.3 cm³/mol. The molecule has 0 heterocycles. The van der Waals surface area contributed by atoms with E-state index >= 15 is 0 Å². The van der Waals surface area contributed by atoms with Crippen LogP contribution in [-0.2, 0) is 15.5 Å². The van der Waals surface area contributed by atoms with Crippen LogP contribution in [0.5, 0.6) is 0 Å². The van der Waals surface area contributed by atoms with Gasteiger partial charge in [-0.2, -0.15) is 4.21 Å². The van der Waals surface area contributed by atoms with E-state index in [0.717, 1.165) is 19.3 Å². The van der Waals surface area contributed by atoms with E-state index in [0.29, 0.717) is 12.5 Å². The average Bonchev–Trinajstić information content (AvgIpc) is 1.87. The highest BCUT2D eigenvalue weighted by Gasteiger charge is 1.92. The zero-order valence-electron chi connectivity index (χ0n) is 5.59. The van der Waals surface area contributed by atoms with Crippen molar-refractivity contribution in [3.8, 4) is 0 Å². The van der Waals surface area contributed by atoms with Gasteiger partial charge in [0.2, 0.25) is 0 Å². The van der Waals surface area contributed by atoms with Gasteiger partial charge in [0.05, 0.1) is 6.61 Å². The molecule has 0 saturated heterocycles. The fraction of sp³-hybridized carbons (Fsp3) is 1.00. The number of hydrogen-bond acceptors (Lipinski definition) is 2. The first-order valence-electron chi connectivity index (χ1n) is 3.07. The zero-order valence-corrected chi connectivity index (χ0v) is 7.16. The van der Waals surface area contributed by atoms with E-state index in [2.05, 4.69) is 4.18 Å². The SMILES string of the molecule is O=S(O)OCCCCCCl. The Hall–Kier alpha value is 0.360. The summed E-state index contributed by atoms with van der Waals surface area (Å²) in [7, 11) is 0. The molecule has 0 aliphatic heterocycles. The van der Waals surface area contributed by atoms with Crippen LogP contribution in [-0.4, -0.2) is 21.2 Å². The minimum Gasteiger partial charge on any atom is -0.284 e. The van der Waals surface area contributed by atoms with E-state index in [1.165, 1.54) is 0 Å². The second-order valence-corrected chi connectivity index (χ2v) is 2.84. The smallest absolute Gasteiger partial charge is 0.284 e. The highest BCUT2D eigenvalue weighted by molar-refractivity contribution is 7.74. The van der Waals surface area contributed by atoms with E-state index in [1.807, 2.05) is 0 Å². The van der Waals surface area contributed by atoms with E-state index in [9.17, 15) is 4.21 Å². The molecule has 0 aliphatic carbocycles. The first kappa shape index (κ1) is 10.4. The molecule has 0 fully saturated rings. The summed E-state index contributed by atoms with van der Waals surface area (Å²) in [6.07, 6.45) is 2.67. The molecule has 0 amide bonds. The van der Waals surface area contributed by atoms with Gasteiger partial charge in [-0.15, -0.1) is 11.6 Å². The molecule has 0 saturated carbocycles. The quantitative estimate of drug-likeness (QED) is 0.389. The monoisotopic (exact) mass is 186 g/mol. The first-order valence-corrected chi connectivity index (χ1v) is 4.64. The minimum absolute atomic E-state index is 0.333. The molecule has 0 aliphatic rings. The van der Waals surface area contributed by atoms with E-state index in [-0.39, 0.29) is 0 Å². The predicted octanol–water partition coefficient (Wildman–Crippen LogP) is 1.55. The van der Waals surface area contributed by atoms with Crippen molar-refractivity contribution in [2.24, 2.45) is 0 Å². The molecule has 0 aromatic carbocycles. The van der Waals surface area contributed by atoms with Crippen molar-refractivity contribution in [3.05, 3.63) is 0 Å². The number of unbranched alkanes of at least 4 members (excludes halogenated alkanes) is 2. The summed E-state index contributed by atoms with van der Waals surface area (Å²) in [6.45, 7) is 0.333. The van der Waals surface area contributed by atoms with Crippen molar-refractivity contribution < 1.29 is 12.9 Å². The van der Waals surface area contributed by atoms with Crippen LogP contribution in [0.2, 0.25) is 0 Å². The van der Waals surface area contributed by atoms with E-state index in [4.69, 9.17) is 16.2 Å². The first-order chi connectivity index (χ1) is 4.77. The van der Waals surface area contributed by atoms with Crippen molar-refractivity contribution in [2.45, 2.75) is 19.3 Å². The van der Waals surface area contributed by atoms with Gasteiger partial charge >= 0.3 is 11.4 Å². The largest absolute Gasteiger partial charge is 0.301 e. The van der Waals surface area contributed by atoms with Crippen molar-refractivity contribution in [1.82, 2.24) is 0 Å². The van der Waals surface area contributed by atoms with Crippen LogP contribution in [0.1, 0.15) is 19.3 Å². The molecule has 0 rings (SSSR count). The lowest BCUT2D eigenvalue weighted by Crippen LogP contribution is -1.97. The molecule has 0 bridgehead atoms. The molecule has 1 N–H and O–H groups in total. The highest BCUT2D eigenvalue weighted by atomic mass is 35.5. The van der Waals surface area contributed by atoms with Gasteiger partial charge in [-0.05, 0) is 19.3 Å². The zero-order chi connectivity index (χ0) is 7.82. The second-order valence-electron chi connectivity index (χ2n) is 1.79. The van der Waals surface area contributed by atoms with Crippen LogP contribution in [0.4, 0.5) is 0 Å². The molecule has 1 atom stereocenters. The van der Waals surface area contributed by atoms with Crippen molar-refractivity contribution >= 4 is 23.0 Å². The van der Waals surface area contributed by atoms with Crippen LogP contribution in [0, 0.1) is 0 Å². The third kappa shape index (κ3) is 8.36. The van der Waals surface area contributed by atoms with Crippen LogP contribution in [0.25, 0.3) is 0 Å². The molecule has 10 heavy (non-hydrogen) atoms. The maximum Gasteiger partial charge on any atom is 0.301 e. The molecule has 3 nitrogen and oxygen atoms in total. The van der Waals surface area contributed by atoms with Crippen molar-refractivity contribution in [1.29, 1.82) is 0 Å². The van der Waals surface area contributed by atoms with Gasteiger partial charge in [0, 0.05) is 5.88 Å². The van der Waals surface area contributed by atoms with Gasteiger partial charge in [0.1, 0.15) is 0 Å². The number of hydrogen-bond donors (Lipinski definition) is 1. The maximum atomic E-state index is 9.89. The Morgan fingerprint density at radius 2 is 2.10 bits per heavy atom. The summed E-state index contributed by atoms with van der Waals surface area (Å²) in [5.41, 5.74) is 0. The Kier molecular flexibility index (Phi) is 7.74. The summed E-state index contributed by atoms with van der Waals surface area (Å²) in [4.78, 5) is 0. The number of rotatable bonds is 6. The fourth-order valence-corrected chi connectivity index (χ4v) is 0.953. The topological polar surface area (TPSA) is 46.5 Å². The summed E-state index contributed by atoms with van der Waals surface area (Å²) >= 11 is 3.29. The molecule has 0 spiro atoms. The van der Waals surface area contributed by atoms with Gasteiger partial charge in [-0.1, -0.05) is 0 Å². The molecule has 1 unspecified atom stereocenters. The Morgan fingerprint density at radius 3 is 2.60 bits per heavy atom. The molecule has 5 heteroatoms. The molecule has 62 valence electrons. The molecule has 0 aromatic rings. The Balaban J connectivity index is 2.84. The van der Waals surface area contributed by atoms with Gasteiger partial charge in [-0.25, -0.2) is 0 Å². The van der Waals surface area contributed by atoms with Gasteiger partial charge in [-0.3, -0.25) is 8.74 Å². The Morgan fingerprint density at radius 1 is 1.40 bits per heavy atom. The number of halogens is 1. The van der Waals surface area contributed by atoms with E-state index in [1.54, 1.807) is 0 Å². The molecular formula is C5H11ClO3S. The summed E-state index contributed by atoms with van der Waals surface area (Å²) in [5.74, 6) is 0.641. The Bertz CT molecular complexity index is 98.9. The average molecular weight is 187 g/mol. The maximum absolute atomic E-state index is 9.89. The van der Waals surface area contributed by atoms with E-state index < -0.39 is 11.4 Å². The van der Waals surface area contributed by atoms with Crippen LogP contribution in [0.15, 0.2) is 0 Å². The van der Waals surface area contributed by atoms with Crippen LogP contribution < -0.4 is 0 Å². The molecular weight excluding hydrogens is 176 g/mol. The summed E-state index contributed by atoms with van der Waals surface area (Å²) in [5, 5.41) is 0. The number of alkyl halides is 1. The lowest BCUT2D eigenvalue weighted by atomic mass is 10.3.